The van der Waals surface area contributed by atoms with Gasteiger partial charge in [-0.3, -0.25) is 9.89 Å². The molecule has 6 nitrogen and oxygen atoms in total. The Morgan fingerprint density at radius 1 is 1.40 bits per heavy atom. The number of aromatic nitrogens is 3. The first kappa shape index (κ1) is 11.5. The van der Waals surface area contributed by atoms with Crippen molar-refractivity contribution < 1.29 is 4.74 Å². The van der Waals surface area contributed by atoms with E-state index in [1.54, 1.807) is 12.1 Å². The smallest absolute Gasteiger partial charge is 0.259 e. The number of H-pyrrole nitrogens is 2. The van der Waals surface area contributed by atoms with E-state index >= 15 is 0 Å². The number of nitrogens with one attached hydrogen (secondary N) is 2. The molecule has 4 rings (SSSR count). The van der Waals surface area contributed by atoms with Crippen LogP contribution in [0.25, 0.3) is 21.8 Å². The summed E-state index contributed by atoms with van der Waals surface area (Å²) in [4.78, 5) is 15.2. The van der Waals surface area contributed by atoms with Gasteiger partial charge in [-0.2, -0.15) is 5.10 Å². The summed E-state index contributed by atoms with van der Waals surface area (Å²) in [6.07, 6.45) is 1.86. The molecule has 1 atom stereocenters. The van der Waals surface area contributed by atoms with Gasteiger partial charge in [0.15, 0.2) is 0 Å². The molecule has 1 aliphatic rings. The Hall–Kier alpha value is -2.34. The first-order valence-electron chi connectivity index (χ1n) is 6.65. The normalized spacial score (nSPS) is 19.1. The fourth-order valence-corrected chi connectivity index (χ4v) is 2.88. The van der Waals surface area contributed by atoms with E-state index in [1.165, 1.54) is 0 Å². The monoisotopic (exact) mass is 270 g/mol. The lowest BCUT2D eigenvalue weighted by Crippen LogP contribution is -2.09. The largest absolute Gasteiger partial charge is 0.399 e. The molecule has 1 saturated heterocycles. The molecule has 0 radical (unpaired) electrons. The maximum absolute atomic E-state index is 12.3. The average Bonchev–Trinajstić information content (AvgIpc) is 3.07. The zero-order valence-electron chi connectivity index (χ0n) is 10.8. The van der Waals surface area contributed by atoms with Crippen molar-refractivity contribution in [2.45, 2.75) is 18.9 Å². The summed E-state index contributed by atoms with van der Waals surface area (Å²) in [5.74, 6) is 0. The van der Waals surface area contributed by atoms with Crippen molar-refractivity contribution in [1.29, 1.82) is 0 Å². The molecule has 102 valence electrons. The van der Waals surface area contributed by atoms with Gasteiger partial charge in [0.2, 0.25) is 0 Å². The third-order valence-corrected chi connectivity index (χ3v) is 3.82. The van der Waals surface area contributed by atoms with E-state index in [2.05, 4.69) is 15.2 Å². The first-order chi connectivity index (χ1) is 9.74. The number of ether oxygens (including phenoxy) is 1. The van der Waals surface area contributed by atoms with E-state index in [4.69, 9.17) is 10.5 Å². The van der Waals surface area contributed by atoms with Crippen LogP contribution < -0.4 is 11.3 Å². The van der Waals surface area contributed by atoms with Gasteiger partial charge in [-0.25, -0.2) is 0 Å². The third-order valence-electron chi connectivity index (χ3n) is 3.82. The second-order valence-electron chi connectivity index (χ2n) is 5.12. The Bertz CT molecular complexity index is 859. The highest BCUT2D eigenvalue weighted by molar-refractivity contribution is 6.04. The average molecular weight is 270 g/mol. The molecule has 1 unspecified atom stereocenters. The molecule has 1 aromatic carbocycles. The molecular formula is C14H14N4O2. The van der Waals surface area contributed by atoms with E-state index in [0.717, 1.165) is 30.5 Å². The Balaban J connectivity index is 2.06. The molecule has 3 aromatic rings. The Morgan fingerprint density at radius 3 is 3.10 bits per heavy atom. The third kappa shape index (κ3) is 1.55. The number of nitrogen functional groups attached to an aromatic ring is 1. The van der Waals surface area contributed by atoms with E-state index < -0.39 is 0 Å². The molecule has 0 amide bonds. The van der Waals surface area contributed by atoms with Crippen molar-refractivity contribution in [3.05, 3.63) is 34.2 Å². The SMILES string of the molecule is Nc1ccc2c(c1)[nH]c(=O)c1c(C3CCCO3)[nH]nc12. The molecule has 3 heterocycles. The number of anilines is 1. The molecule has 2 aromatic heterocycles. The van der Waals surface area contributed by atoms with Gasteiger partial charge in [0, 0.05) is 17.7 Å². The van der Waals surface area contributed by atoms with Gasteiger partial charge in [-0.05, 0) is 31.0 Å². The first-order valence-corrected chi connectivity index (χ1v) is 6.65. The maximum Gasteiger partial charge on any atom is 0.259 e. The molecule has 4 N–H and O–H groups in total. The molecule has 6 heteroatoms. The number of nitrogens with zero attached hydrogens (tertiary/aromatic N) is 1. The summed E-state index contributed by atoms with van der Waals surface area (Å²) in [7, 11) is 0. The second-order valence-corrected chi connectivity index (χ2v) is 5.12. The number of aromatic amines is 2. The van der Waals surface area contributed by atoms with Crippen LogP contribution in [0, 0.1) is 0 Å². The van der Waals surface area contributed by atoms with Crippen molar-refractivity contribution >= 4 is 27.5 Å². The molecule has 20 heavy (non-hydrogen) atoms. The Morgan fingerprint density at radius 2 is 2.30 bits per heavy atom. The lowest BCUT2D eigenvalue weighted by Gasteiger charge is -2.06. The minimum atomic E-state index is -0.155. The zero-order chi connectivity index (χ0) is 13.7. The molecular weight excluding hydrogens is 256 g/mol. The number of benzene rings is 1. The molecule has 1 fully saturated rings. The summed E-state index contributed by atoms with van der Waals surface area (Å²) in [6, 6.07) is 5.43. The van der Waals surface area contributed by atoms with Crippen molar-refractivity contribution in [2.75, 3.05) is 12.3 Å². The molecule has 0 bridgehead atoms. The van der Waals surface area contributed by atoms with Gasteiger partial charge in [0.1, 0.15) is 5.52 Å². The Labute approximate surface area is 113 Å². The van der Waals surface area contributed by atoms with Gasteiger partial charge < -0.3 is 15.5 Å². The van der Waals surface area contributed by atoms with Crippen LogP contribution in [0.2, 0.25) is 0 Å². The van der Waals surface area contributed by atoms with Crippen molar-refractivity contribution in [1.82, 2.24) is 15.2 Å². The summed E-state index contributed by atoms with van der Waals surface area (Å²) >= 11 is 0. The van der Waals surface area contributed by atoms with Crippen molar-refractivity contribution in [3.63, 3.8) is 0 Å². The number of pyridine rings is 1. The zero-order valence-corrected chi connectivity index (χ0v) is 10.8. The highest BCUT2D eigenvalue weighted by Crippen LogP contribution is 2.32. The predicted molar refractivity (Wildman–Crippen MR) is 76.6 cm³/mol. The lowest BCUT2D eigenvalue weighted by molar-refractivity contribution is 0.109. The summed E-state index contributed by atoms with van der Waals surface area (Å²) in [5, 5.41) is 8.77. The highest BCUT2D eigenvalue weighted by Gasteiger charge is 2.24. The number of hydrogen-bond donors (Lipinski definition) is 3. The van der Waals surface area contributed by atoms with Crippen LogP contribution in [-0.4, -0.2) is 21.8 Å². The number of nitrogens with two attached hydrogens (primary N) is 1. The summed E-state index contributed by atoms with van der Waals surface area (Å²) in [5.41, 5.74) is 8.36. The topological polar surface area (TPSA) is 96.8 Å². The van der Waals surface area contributed by atoms with Crippen LogP contribution in [0.15, 0.2) is 23.0 Å². The van der Waals surface area contributed by atoms with Gasteiger partial charge in [0.25, 0.3) is 5.56 Å². The van der Waals surface area contributed by atoms with Crippen molar-refractivity contribution in [2.24, 2.45) is 0 Å². The van der Waals surface area contributed by atoms with Gasteiger partial charge in [0.05, 0.1) is 22.7 Å². The van der Waals surface area contributed by atoms with Crippen LogP contribution in [0.3, 0.4) is 0 Å². The number of rotatable bonds is 1. The van der Waals surface area contributed by atoms with Gasteiger partial charge in [-0.1, -0.05) is 0 Å². The summed E-state index contributed by atoms with van der Waals surface area (Å²) < 4.78 is 5.65. The number of fused-ring (bicyclic) bond motifs is 3. The van der Waals surface area contributed by atoms with Crippen molar-refractivity contribution in [3.8, 4) is 0 Å². The predicted octanol–water partition coefficient (Wildman–Crippen LogP) is 1.84. The standard InChI is InChI=1S/C14H14N4O2/c15-7-3-4-8-9(6-7)16-14(19)11-12(8)17-18-13(11)10-2-1-5-20-10/h3-4,6,10H,1-2,5,15H2,(H,16,19)(H,17,18). The van der Waals surface area contributed by atoms with E-state index in [0.29, 0.717) is 22.1 Å². The highest BCUT2D eigenvalue weighted by atomic mass is 16.5. The Kier molecular flexibility index (Phi) is 2.34. The van der Waals surface area contributed by atoms with Crippen LogP contribution in [0.5, 0.6) is 0 Å². The minimum Gasteiger partial charge on any atom is -0.399 e. The molecule has 0 saturated carbocycles. The fourth-order valence-electron chi connectivity index (χ4n) is 2.88. The quantitative estimate of drug-likeness (QED) is 0.588. The molecule has 0 spiro atoms. The molecule has 0 aliphatic carbocycles. The van der Waals surface area contributed by atoms with Crippen LogP contribution in [0.1, 0.15) is 24.6 Å². The minimum absolute atomic E-state index is 0.0627. The van der Waals surface area contributed by atoms with Crippen LogP contribution >= 0.6 is 0 Å². The van der Waals surface area contributed by atoms with E-state index in [-0.39, 0.29) is 11.7 Å². The molecule has 1 aliphatic heterocycles. The maximum atomic E-state index is 12.3. The van der Waals surface area contributed by atoms with Crippen LogP contribution in [-0.2, 0) is 4.74 Å². The second kappa shape index (κ2) is 4.08. The number of hydrogen-bond acceptors (Lipinski definition) is 4. The summed E-state index contributed by atoms with van der Waals surface area (Å²) in [6.45, 7) is 0.729. The van der Waals surface area contributed by atoms with Crippen LogP contribution in [0.4, 0.5) is 5.69 Å². The van der Waals surface area contributed by atoms with E-state index in [9.17, 15) is 4.79 Å². The van der Waals surface area contributed by atoms with Gasteiger partial charge >= 0.3 is 0 Å². The van der Waals surface area contributed by atoms with E-state index in [1.807, 2.05) is 6.07 Å². The van der Waals surface area contributed by atoms with Gasteiger partial charge in [-0.15, -0.1) is 0 Å². The lowest BCUT2D eigenvalue weighted by atomic mass is 10.1. The fraction of sp³-hybridized carbons (Fsp3) is 0.286.